The zero-order valence-corrected chi connectivity index (χ0v) is 7.23. The third kappa shape index (κ3) is 11.0. The first-order valence-corrected chi connectivity index (χ1v) is 1.53. The molecule has 0 fully saturated rings. The first-order chi connectivity index (χ1) is 2.77. The van der Waals surface area contributed by atoms with Gasteiger partial charge in [0.15, 0.2) is 0 Å². The van der Waals surface area contributed by atoms with E-state index < -0.39 is 19.1 Å². The maximum absolute atomic E-state index is 10.8. The first kappa shape index (κ1) is 10.9. The number of carbonyl (C=O) groups is 1. The summed E-state index contributed by atoms with van der Waals surface area (Å²) < 4.78 is 10.8. The quantitative estimate of drug-likeness (QED) is 0.358. The third-order valence-corrected chi connectivity index (χ3v) is 0.299. The average molecular weight is 130 g/mol. The Bertz CT molecular complexity index is 56.9. The molecule has 7 heavy (non-hydrogen) atoms. The molecule has 0 aliphatic heterocycles. The molecule has 0 aromatic heterocycles. The Morgan fingerprint density at radius 1 is 1.71 bits per heavy atom. The predicted molar refractivity (Wildman–Crippen MR) is 15.6 cm³/mol. The smallest absolute Gasteiger partial charge is 0.550 e. The summed E-state index contributed by atoms with van der Waals surface area (Å²) in [6.07, 6.45) is -0.486. The maximum atomic E-state index is 10.8. The molecule has 0 radical (unpaired) electrons. The van der Waals surface area contributed by atoms with E-state index >= 15 is 0 Å². The molecule has 0 saturated heterocycles. The van der Waals surface area contributed by atoms with E-state index in [-0.39, 0.29) is 51.4 Å². The molecule has 0 unspecified atom stereocenters. The topological polar surface area (TPSA) is 40.1 Å². The Hall–Kier alpha value is 1.04. The van der Waals surface area contributed by atoms with Crippen molar-refractivity contribution in [1.82, 2.24) is 0 Å². The van der Waals surface area contributed by atoms with Crippen LogP contribution < -0.4 is 56.5 Å². The van der Waals surface area contributed by atoms with Crippen molar-refractivity contribution in [2.75, 3.05) is 6.67 Å². The normalized spacial score (nSPS) is 7.00. The van der Waals surface area contributed by atoms with Crippen molar-refractivity contribution >= 4 is 5.97 Å². The van der Waals surface area contributed by atoms with Crippen molar-refractivity contribution in [1.29, 1.82) is 0 Å². The van der Waals surface area contributed by atoms with Gasteiger partial charge in [-0.1, -0.05) is 0 Å². The molecule has 36 valence electrons. The van der Waals surface area contributed by atoms with Crippen LogP contribution in [0, 0.1) is 0 Å². The summed E-state index contributed by atoms with van der Waals surface area (Å²) in [7, 11) is 0. The molecule has 0 bridgehead atoms. The Balaban J connectivity index is 0. The van der Waals surface area contributed by atoms with Crippen LogP contribution in [0.4, 0.5) is 4.39 Å². The number of carbonyl (C=O) groups excluding carboxylic acids is 1. The van der Waals surface area contributed by atoms with E-state index in [2.05, 4.69) is 0 Å². The van der Waals surface area contributed by atoms with Crippen molar-refractivity contribution in [3.63, 3.8) is 0 Å². The summed E-state index contributed by atoms with van der Waals surface area (Å²) in [4.78, 5) is 9.25. The van der Waals surface area contributed by atoms with E-state index in [0.717, 1.165) is 0 Å². The standard InChI is InChI=1S/C3H5FO2.K/c4-2-1-3(5)6;/h1-2H2,(H,5,6);/q;+1/p-1. The molecule has 0 amide bonds. The van der Waals surface area contributed by atoms with Crippen LogP contribution in [-0.4, -0.2) is 12.6 Å². The second-order valence-corrected chi connectivity index (χ2v) is 0.811. The molecule has 0 heterocycles. The number of rotatable bonds is 2. The van der Waals surface area contributed by atoms with E-state index in [1.165, 1.54) is 0 Å². The molecule has 0 aromatic rings. The number of carboxylic acid groups (broad SMARTS) is 1. The van der Waals surface area contributed by atoms with Gasteiger partial charge in [0.2, 0.25) is 0 Å². The Morgan fingerprint density at radius 2 is 2.14 bits per heavy atom. The third-order valence-electron chi connectivity index (χ3n) is 0.299. The second kappa shape index (κ2) is 7.04. The Kier molecular flexibility index (Phi) is 11.0. The van der Waals surface area contributed by atoms with Crippen LogP contribution in [0.2, 0.25) is 0 Å². The van der Waals surface area contributed by atoms with Gasteiger partial charge in [-0.05, 0) is 0 Å². The molecular formula is C3H4FKO2. The van der Waals surface area contributed by atoms with Crippen molar-refractivity contribution < 1.29 is 65.7 Å². The molecule has 2 nitrogen and oxygen atoms in total. The minimum atomic E-state index is -1.34. The van der Waals surface area contributed by atoms with Gasteiger partial charge in [0, 0.05) is 12.4 Å². The molecule has 0 N–H and O–H groups in total. The van der Waals surface area contributed by atoms with Crippen LogP contribution in [0.25, 0.3) is 0 Å². The summed E-state index contributed by atoms with van der Waals surface area (Å²) in [6, 6.07) is 0. The minimum Gasteiger partial charge on any atom is -0.550 e. The van der Waals surface area contributed by atoms with E-state index in [9.17, 15) is 14.3 Å². The number of hydrogen-bond donors (Lipinski definition) is 0. The van der Waals surface area contributed by atoms with Gasteiger partial charge in [0.1, 0.15) is 0 Å². The van der Waals surface area contributed by atoms with Crippen LogP contribution >= 0.6 is 0 Å². The largest absolute Gasteiger partial charge is 1.00 e. The maximum Gasteiger partial charge on any atom is 1.00 e. The second-order valence-electron chi connectivity index (χ2n) is 0.811. The van der Waals surface area contributed by atoms with Crippen LogP contribution in [0.5, 0.6) is 0 Å². The van der Waals surface area contributed by atoms with Crippen molar-refractivity contribution in [3.8, 4) is 0 Å². The van der Waals surface area contributed by atoms with Crippen LogP contribution in [0.1, 0.15) is 6.42 Å². The SMILES string of the molecule is O=C([O-])CCF.[K+]. The van der Waals surface area contributed by atoms with E-state index in [4.69, 9.17) is 0 Å². The molecule has 0 rings (SSSR count). The Labute approximate surface area is 83.5 Å². The average Bonchev–Trinajstić information content (AvgIpc) is 1.35. The first-order valence-electron chi connectivity index (χ1n) is 1.53. The summed E-state index contributed by atoms with van der Waals surface area (Å²) in [6.45, 7) is -0.831. The fourth-order valence-corrected chi connectivity index (χ4v) is 0.0772. The van der Waals surface area contributed by atoms with Gasteiger partial charge in [0.05, 0.1) is 6.67 Å². The molecule has 0 atom stereocenters. The van der Waals surface area contributed by atoms with Crippen molar-refractivity contribution in [2.24, 2.45) is 0 Å². The number of aliphatic carboxylic acids is 1. The molecule has 0 spiro atoms. The van der Waals surface area contributed by atoms with Gasteiger partial charge < -0.3 is 9.90 Å². The fraction of sp³-hybridized carbons (Fsp3) is 0.667. The zero-order valence-electron chi connectivity index (χ0n) is 4.11. The summed E-state index contributed by atoms with van der Waals surface area (Å²) in [5.74, 6) is -1.34. The predicted octanol–water partition coefficient (Wildman–Crippen LogP) is -3.90. The van der Waals surface area contributed by atoms with Gasteiger partial charge in [-0.25, -0.2) is 0 Å². The molecular weight excluding hydrogens is 126 g/mol. The van der Waals surface area contributed by atoms with Gasteiger partial charge >= 0.3 is 51.4 Å². The summed E-state index contributed by atoms with van der Waals surface area (Å²) >= 11 is 0. The fourth-order valence-electron chi connectivity index (χ4n) is 0.0772. The summed E-state index contributed by atoms with van der Waals surface area (Å²) in [5.41, 5.74) is 0. The summed E-state index contributed by atoms with van der Waals surface area (Å²) in [5, 5.41) is 9.25. The van der Waals surface area contributed by atoms with E-state index in [1.807, 2.05) is 0 Å². The van der Waals surface area contributed by atoms with Gasteiger partial charge in [-0.3, -0.25) is 4.39 Å². The van der Waals surface area contributed by atoms with Gasteiger partial charge in [-0.15, -0.1) is 0 Å². The minimum absolute atomic E-state index is 0. The number of carboxylic acids is 1. The van der Waals surface area contributed by atoms with Crippen molar-refractivity contribution in [2.45, 2.75) is 6.42 Å². The van der Waals surface area contributed by atoms with Crippen LogP contribution in [0.3, 0.4) is 0 Å². The molecule has 4 heteroatoms. The van der Waals surface area contributed by atoms with Crippen molar-refractivity contribution in [3.05, 3.63) is 0 Å². The number of alkyl halides is 1. The molecule has 0 saturated carbocycles. The number of halogens is 1. The monoisotopic (exact) mass is 130 g/mol. The molecule has 0 aliphatic carbocycles. The van der Waals surface area contributed by atoms with E-state index in [0.29, 0.717) is 0 Å². The van der Waals surface area contributed by atoms with Gasteiger partial charge in [0.25, 0.3) is 0 Å². The number of hydrogen-bond acceptors (Lipinski definition) is 2. The Morgan fingerprint density at radius 3 is 2.14 bits per heavy atom. The van der Waals surface area contributed by atoms with Crippen LogP contribution in [0.15, 0.2) is 0 Å². The molecule has 0 aromatic carbocycles. The van der Waals surface area contributed by atoms with E-state index in [1.54, 1.807) is 0 Å². The molecule has 0 aliphatic rings. The van der Waals surface area contributed by atoms with Gasteiger partial charge in [-0.2, -0.15) is 0 Å². The zero-order chi connectivity index (χ0) is 4.99. The van der Waals surface area contributed by atoms with Crippen LogP contribution in [-0.2, 0) is 4.79 Å².